The second-order valence-corrected chi connectivity index (χ2v) is 3.04. The molecule has 0 aliphatic rings. The van der Waals surface area contributed by atoms with Gasteiger partial charge in [0.05, 0.1) is 0 Å². The fraction of sp³-hybridized carbons (Fsp3) is 0. The van der Waals surface area contributed by atoms with E-state index in [1.54, 1.807) is 0 Å². The highest BCUT2D eigenvalue weighted by Crippen LogP contribution is 2.22. The molecule has 50 valence electrons. The zero-order valence-electron chi connectivity index (χ0n) is 5.26. The Labute approximate surface area is 67.2 Å². The first-order valence-corrected chi connectivity index (χ1v) is 3.89. The molecule has 0 radical (unpaired) electrons. The first kappa shape index (κ1) is 5.98. The van der Waals surface area contributed by atoms with Crippen LogP contribution < -0.4 is 0 Å². The monoisotopic (exact) mass is 195 g/mol. The predicted molar refractivity (Wildman–Crippen MR) is 46.0 cm³/mol. The van der Waals surface area contributed by atoms with E-state index in [1.807, 2.05) is 18.3 Å². The number of H-pyrrole nitrogens is 1. The Morgan fingerprint density at radius 3 is 2.80 bits per heavy atom. The van der Waals surface area contributed by atoms with Crippen LogP contribution in [0.5, 0.6) is 0 Å². The van der Waals surface area contributed by atoms with Gasteiger partial charge in [-0.15, -0.1) is 0 Å². The van der Waals surface area contributed by atoms with Gasteiger partial charge in [-0.1, -0.05) is 18.2 Å². The van der Waals surface area contributed by atoms with Gasteiger partial charge in [0.2, 0.25) is 0 Å². The van der Waals surface area contributed by atoms with Crippen molar-refractivity contribution >= 4 is 26.8 Å². The molecule has 1 heterocycles. The lowest BCUT2D eigenvalue weighted by molar-refractivity contribution is 1.47. The molecule has 0 amide bonds. The number of halogens is 1. The summed E-state index contributed by atoms with van der Waals surface area (Å²) in [6.07, 6.45) is 1.95. The van der Waals surface area contributed by atoms with E-state index in [1.165, 1.54) is 10.9 Å². The summed E-state index contributed by atoms with van der Waals surface area (Å²) in [5, 5.41) is 1.24. The summed E-state index contributed by atoms with van der Waals surface area (Å²) in [6.45, 7) is 0. The maximum atomic E-state index is 3.44. The lowest BCUT2D eigenvalue weighted by Gasteiger charge is -1.85. The summed E-state index contributed by atoms with van der Waals surface area (Å²) in [5.74, 6) is 0. The van der Waals surface area contributed by atoms with Crippen molar-refractivity contribution in [3.05, 3.63) is 34.9 Å². The van der Waals surface area contributed by atoms with Crippen LogP contribution in [0.1, 0.15) is 0 Å². The van der Waals surface area contributed by atoms with Crippen LogP contribution in [-0.4, -0.2) is 4.98 Å². The molecule has 10 heavy (non-hydrogen) atoms. The van der Waals surface area contributed by atoms with Crippen molar-refractivity contribution in [2.75, 3.05) is 0 Å². The number of rotatable bonds is 0. The number of para-hydroxylation sites is 1. The molecule has 0 atom stereocenters. The van der Waals surface area contributed by atoms with Crippen LogP contribution in [0.3, 0.4) is 0 Å². The van der Waals surface area contributed by atoms with Crippen LogP contribution in [-0.2, 0) is 0 Å². The molecule has 1 nitrogen and oxygen atoms in total. The zero-order valence-corrected chi connectivity index (χ0v) is 6.85. The SMILES string of the molecule is Brc1c[nH]c2ccccc12. The topological polar surface area (TPSA) is 15.8 Å². The Morgan fingerprint density at radius 1 is 1.20 bits per heavy atom. The highest BCUT2D eigenvalue weighted by Gasteiger charge is 1.96. The Kier molecular flexibility index (Phi) is 1.27. The number of fused-ring (bicyclic) bond motifs is 1. The van der Waals surface area contributed by atoms with E-state index in [0.717, 1.165) is 4.47 Å². The van der Waals surface area contributed by atoms with Gasteiger partial charge < -0.3 is 4.98 Å². The molecule has 0 bridgehead atoms. The van der Waals surface area contributed by atoms with Crippen LogP contribution in [0, 0.1) is 0 Å². The van der Waals surface area contributed by atoms with Crippen molar-refractivity contribution in [2.45, 2.75) is 0 Å². The van der Waals surface area contributed by atoms with E-state index >= 15 is 0 Å². The number of aromatic nitrogens is 1. The Bertz CT molecular complexity index is 351. The molecule has 1 aromatic heterocycles. The van der Waals surface area contributed by atoms with Crippen molar-refractivity contribution in [3.63, 3.8) is 0 Å². The van der Waals surface area contributed by atoms with E-state index < -0.39 is 0 Å². The lowest BCUT2D eigenvalue weighted by atomic mass is 10.3. The van der Waals surface area contributed by atoms with Crippen LogP contribution >= 0.6 is 15.9 Å². The number of nitrogens with one attached hydrogen (secondary N) is 1. The summed E-state index contributed by atoms with van der Waals surface area (Å²) in [5.41, 5.74) is 1.18. The Morgan fingerprint density at radius 2 is 2.00 bits per heavy atom. The van der Waals surface area contributed by atoms with Crippen LogP contribution in [0.25, 0.3) is 10.9 Å². The van der Waals surface area contributed by atoms with Gasteiger partial charge in [-0.05, 0) is 22.0 Å². The van der Waals surface area contributed by atoms with Gasteiger partial charge in [0.1, 0.15) is 0 Å². The minimum Gasteiger partial charge on any atom is -0.360 e. The average molecular weight is 196 g/mol. The number of aromatic amines is 1. The highest BCUT2D eigenvalue weighted by atomic mass is 79.9. The third-order valence-corrected chi connectivity index (χ3v) is 2.19. The molecule has 0 fully saturated rings. The second-order valence-electron chi connectivity index (χ2n) is 2.18. The molecule has 0 unspecified atom stereocenters. The smallest absolute Gasteiger partial charge is 0.0465 e. The summed E-state index contributed by atoms with van der Waals surface area (Å²) >= 11 is 3.44. The van der Waals surface area contributed by atoms with Crippen molar-refractivity contribution in [1.82, 2.24) is 4.98 Å². The third-order valence-electron chi connectivity index (χ3n) is 1.54. The van der Waals surface area contributed by atoms with E-state index in [-0.39, 0.29) is 0 Å². The third kappa shape index (κ3) is 0.762. The summed E-state index contributed by atoms with van der Waals surface area (Å²) < 4.78 is 1.13. The molecule has 0 saturated carbocycles. The molecular weight excluding hydrogens is 190 g/mol. The van der Waals surface area contributed by atoms with Gasteiger partial charge in [-0.3, -0.25) is 0 Å². The zero-order chi connectivity index (χ0) is 6.97. The minimum atomic E-state index is 1.13. The fourth-order valence-electron chi connectivity index (χ4n) is 1.04. The average Bonchev–Trinajstić information content (AvgIpc) is 2.34. The lowest BCUT2D eigenvalue weighted by Crippen LogP contribution is -1.62. The number of hydrogen-bond donors (Lipinski definition) is 1. The Hall–Kier alpha value is -0.760. The van der Waals surface area contributed by atoms with E-state index in [9.17, 15) is 0 Å². The van der Waals surface area contributed by atoms with Crippen LogP contribution in [0.15, 0.2) is 34.9 Å². The highest BCUT2D eigenvalue weighted by molar-refractivity contribution is 9.10. The first-order chi connectivity index (χ1) is 4.88. The normalized spacial score (nSPS) is 10.5. The fourth-order valence-corrected chi connectivity index (χ4v) is 1.50. The van der Waals surface area contributed by atoms with Crippen molar-refractivity contribution in [1.29, 1.82) is 0 Å². The molecule has 0 saturated heterocycles. The molecule has 0 aliphatic carbocycles. The summed E-state index contributed by atoms with van der Waals surface area (Å²) in [7, 11) is 0. The van der Waals surface area contributed by atoms with Crippen LogP contribution in [0.4, 0.5) is 0 Å². The summed E-state index contributed by atoms with van der Waals surface area (Å²) in [6, 6.07) is 8.18. The predicted octanol–water partition coefficient (Wildman–Crippen LogP) is 2.93. The molecular formula is C8H6BrN. The maximum Gasteiger partial charge on any atom is 0.0465 e. The van der Waals surface area contributed by atoms with Gasteiger partial charge in [0.25, 0.3) is 0 Å². The molecule has 0 aliphatic heterocycles. The van der Waals surface area contributed by atoms with E-state index in [2.05, 4.69) is 33.0 Å². The van der Waals surface area contributed by atoms with Gasteiger partial charge in [-0.25, -0.2) is 0 Å². The van der Waals surface area contributed by atoms with Gasteiger partial charge in [0, 0.05) is 21.6 Å². The standard InChI is InChI=1S/C8H6BrN/c9-7-5-10-8-4-2-1-3-6(7)8/h1-5,10H. The second kappa shape index (κ2) is 2.13. The molecule has 1 N–H and O–H groups in total. The molecule has 2 rings (SSSR count). The van der Waals surface area contributed by atoms with Gasteiger partial charge in [0.15, 0.2) is 0 Å². The molecule has 2 aromatic rings. The van der Waals surface area contributed by atoms with Gasteiger partial charge in [-0.2, -0.15) is 0 Å². The quantitative estimate of drug-likeness (QED) is 0.666. The molecule has 2 heteroatoms. The van der Waals surface area contributed by atoms with Crippen molar-refractivity contribution in [3.8, 4) is 0 Å². The van der Waals surface area contributed by atoms with Crippen LogP contribution in [0.2, 0.25) is 0 Å². The largest absolute Gasteiger partial charge is 0.360 e. The summed E-state index contributed by atoms with van der Waals surface area (Å²) in [4.78, 5) is 3.14. The Balaban J connectivity index is 2.93. The van der Waals surface area contributed by atoms with Crippen molar-refractivity contribution < 1.29 is 0 Å². The molecule has 0 spiro atoms. The first-order valence-electron chi connectivity index (χ1n) is 3.09. The molecule has 1 aromatic carbocycles. The minimum absolute atomic E-state index is 1.13. The van der Waals surface area contributed by atoms with E-state index in [0.29, 0.717) is 0 Å². The number of benzene rings is 1. The van der Waals surface area contributed by atoms with E-state index in [4.69, 9.17) is 0 Å². The number of hydrogen-bond acceptors (Lipinski definition) is 0. The maximum absolute atomic E-state index is 3.44. The van der Waals surface area contributed by atoms with Gasteiger partial charge >= 0.3 is 0 Å². The van der Waals surface area contributed by atoms with Crippen molar-refractivity contribution in [2.24, 2.45) is 0 Å².